The third-order valence-electron chi connectivity index (χ3n) is 6.80. The van der Waals surface area contributed by atoms with Crippen molar-refractivity contribution in [2.75, 3.05) is 38.0 Å². The lowest BCUT2D eigenvalue weighted by Crippen LogP contribution is -2.39. The Morgan fingerprint density at radius 1 is 0.925 bits per heavy atom. The van der Waals surface area contributed by atoms with Crippen molar-refractivity contribution in [1.29, 1.82) is 0 Å². The van der Waals surface area contributed by atoms with Crippen LogP contribution in [0.4, 0.5) is 16.2 Å². The minimum atomic E-state index is -1.05. The van der Waals surface area contributed by atoms with Gasteiger partial charge in [0.05, 0.1) is 37.9 Å². The summed E-state index contributed by atoms with van der Waals surface area (Å²) in [5.41, 5.74) is 3.00. The SMILES string of the molecule is COc1cc(CC(=O)N2CCC[C@H]2COc2ccc(C(=O)O)cc2OC)ccc1NC(=O)Nc1ccccc1C. The number of carboxylic acids is 1. The highest BCUT2D eigenvalue weighted by molar-refractivity contribution is 6.01. The lowest BCUT2D eigenvalue weighted by molar-refractivity contribution is -0.131. The molecule has 3 aromatic rings. The Kier molecular flexibility index (Phi) is 9.11. The van der Waals surface area contributed by atoms with Crippen LogP contribution < -0.4 is 24.8 Å². The summed E-state index contributed by atoms with van der Waals surface area (Å²) < 4.78 is 16.7. The number of aromatic carboxylic acids is 1. The summed E-state index contributed by atoms with van der Waals surface area (Å²) in [6.45, 7) is 2.79. The number of methoxy groups -OCH3 is 2. The molecule has 1 atom stereocenters. The number of aryl methyl sites for hydroxylation is 1. The van der Waals surface area contributed by atoms with Gasteiger partial charge in [0, 0.05) is 12.2 Å². The molecule has 3 N–H and O–H groups in total. The zero-order chi connectivity index (χ0) is 28.6. The number of ether oxygens (including phenoxy) is 3. The van der Waals surface area contributed by atoms with E-state index in [1.807, 2.05) is 36.1 Å². The number of carbonyl (C=O) groups is 3. The predicted octanol–water partition coefficient (Wildman–Crippen LogP) is 4.97. The number of hydrogen-bond acceptors (Lipinski definition) is 6. The van der Waals surface area contributed by atoms with Gasteiger partial charge in [0.15, 0.2) is 11.5 Å². The number of hydrogen-bond donors (Lipinski definition) is 3. The fourth-order valence-corrected chi connectivity index (χ4v) is 4.66. The number of para-hydroxylation sites is 1. The molecular formula is C30H33N3O7. The van der Waals surface area contributed by atoms with Gasteiger partial charge < -0.3 is 34.9 Å². The molecule has 0 unspecified atom stereocenters. The van der Waals surface area contributed by atoms with E-state index >= 15 is 0 Å². The van der Waals surface area contributed by atoms with Crippen LogP contribution in [0.15, 0.2) is 60.7 Å². The molecule has 0 aliphatic carbocycles. The topological polar surface area (TPSA) is 126 Å². The first kappa shape index (κ1) is 28.3. The van der Waals surface area contributed by atoms with Crippen LogP contribution in [0, 0.1) is 6.92 Å². The van der Waals surface area contributed by atoms with Crippen LogP contribution in [-0.4, -0.2) is 61.3 Å². The maximum atomic E-state index is 13.2. The lowest BCUT2D eigenvalue weighted by Gasteiger charge is -2.25. The predicted molar refractivity (Wildman–Crippen MR) is 151 cm³/mol. The third-order valence-corrected chi connectivity index (χ3v) is 6.80. The number of benzene rings is 3. The van der Waals surface area contributed by atoms with E-state index in [9.17, 15) is 19.5 Å². The van der Waals surface area contributed by atoms with Crippen LogP contribution >= 0.6 is 0 Å². The van der Waals surface area contributed by atoms with Gasteiger partial charge in [0.25, 0.3) is 0 Å². The molecule has 10 heteroatoms. The van der Waals surface area contributed by atoms with Crippen molar-refractivity contribution in [1.82, 2.24) is 4.90 Å². The molecule has 1 aliphatic rings. The molecule has 0 saturated carbocycles. The zero-order valence-corrected chi connectivity index (χ0v) is 22.7. The van der Waals surface area contributed by atoms with E-state index in [4.69, 9.17) is 14.2 Å². The first-order valence-electron chi connectivity index (χ1n) is 12.9. The van der Waals surface area contributed by atoms with E-state index in [1.54, 1.807) is 24.3 Å². The number of carbonyl (C=O) groups excluding carboxylic acids is 2. The number of carboxylic acid groups (broad SMARTS) is 1. The fraction of sp³-hybridized carbons (Fsp3) is 0.300. The van der Waals surface area contributed by atoms with E-state index in [-0.39, 0.29) is 30.5 Å². The van der Waals surface area contributed by atoms with Crippen LogP contribution in [0.3, 0.4) is 0 Å². The third kappa shape index (κ3) is 6.82. The molecule has 40 heavy (non-hydrogen) atoms. The van der Waals surface area contributed by atoms with Gasteiger partial charge in [0.2, 0.25) is 5.91 Å². The summed E-state index contributed by atoms with van der Waals surface area (Å²) >= 11 is 0. The lowest BCUT2D eigenvalue weighted by atomic mass is 10.1. The number of likely N-dealkylation sites (tertiary alicyclic amines) is 1. The summed E-state index contributed by atoms with van der Waals surface area (Å²) in [7, 11) is 2.96. The quantitative estimate of drug-likeness (QED) is 0.327. The zero-order valence-electron chi connectivity index (χ0n) is 22.7. The average Bonchev–Trinajstić information content (AvgIpc) is 3.42. The van der Waals surface area contributed by atoms with Crippen molar-refractivity contribution >= 4 is 29.3 Å². The van der Waals surface area contributed by atoms with Crippen LogP contribution in [0.1, 0.15) is 34.3 Å². The van der Waals surface area contributed by atoms with E-state index in [2.05, 4.69) is 10.6 Å². The van der Waals surface area contributed by atoms with Gasteiger partial charge in [-0.1, -0.05) is 24.3 Å². The molecular weight excluding hydrogens is 514 g/mol. The van der Waals surface area contributed by atoms with E-state index in [1.165, 1.54) is 26.4 Å². The summed E-state index contributed by atoms with van der Waals surface area (Å²) in [6.07, 6.45) is 1.82. The number of amides is 3. The van der Waals surface area contributed by atoms with E-state index in [0.29, 0.717) is 35.2 Å². The number of nitrogens with one attached hydrogen (secondary N) is 2. The Labute approximate surface area is 232 Å². The van der Waals surface area contributed by atoms with Crippen molar-refractivity contribution in [2.24, 2.45) is 0 Å². The standard InChI is InChI=1S/C30H33N3O7/c1-19-7-4-5-9-23(19)31-30(37)32-24-12-10-20(15-26(24)38-2)16-28(34)33-14-6-8-22(33)18-40-25-13-11-21(29(35)36)17-27(25)39-3/h4-5,7,9-13,15,17,22H,6,8,14,16,18H2,1-3H3,(H,35,36)(H2,31,32,37)/t22-/m0/s1. The Morgan fingerprint density at radius 3 is 2.40 bits per heavy atom. The Morgan fingerprint density at radius 2 is 1.68 bits per heavy atom. The second-order valence-electron chi connectivity index (χ2n) is 9.47. The second-order valence-corrected chi connectivity index (χ2v) is 9.47. The largest absolute Gasteiger partial charge is 0.495 e. The van der Waals surface area contributed by atoms with Crippen molar-refractivity contribution in [2.45, 2.75) is 32.2 Å². The first-order valence-corrected chi connectivity index (χ1v) is 12.9. The molecule has 10 nitrogen and oxygen atoms in total. The number of anilines is 2. The molecule has 3 amide bonds. The van der Waals surface area contributed by atoms with Gasteiger partial charge in [-0.3, -0.25) is 4.79 Å². The average molecular weight is 548 g/mol. The van der Waals surface area contributed by atoms with Crippen molar-refractivity contribution in [3.05, 3.63) is 77.4 Å². The van der Waals surface area contributed by atoms with Crippen molar-refractivity contribution in [3.63, 3.8) is 0 Å². The highest BCUT2D eigenvalue weighted by Gasteiger charge is 2.29. The smallest absolute Gasteiger partial charge is 0.335 e. The second kappa shape index (κ2) is 12.9. The molecule has 0 radical (unpaired) electrons. The minimum absolute atomic E-state index is 0.0423. The molecule has 210 valence electrons. The molecule has 0 aromatic heterocycles. The number of rotatable bonds is 10. The maximum absolute atomic E-state index is 13.2. The molecule has 0 bridgehead atoms. The molecule has 1 heterocycles. The van der Waals surface area contributed by atoms with Crippen molar-refractivity contribution in [3.8, 4) is 17.2 Å². The summed E-state index contributed by atoms with van der Waals surface area (Å²) in [5.74, 6) is 0.0985. The monoisotopic (exact) mass is 547 g/mol. The first-order chi connectivity index (χ1) is 19.3. The molecule has 1 aliphatic heterocycles. The molecule has 0 spiro atoms. The summed E-state index contributed by atoms with van der Waals surface area (Å²) in [4.78, 5) is 38.8. The van der Waals surface area contributed by atoms with Gasteiger partial charge in [0.1, 0.15) is 12.4 Å². The molecule has 1 fully saturated rings. The molecule has 1 saturated heterocycles. The normalized spacial score (nSPS) is 14.4. The fourth-order valence-electron chi connectivity index (χ4n) is 4.66. The van der Waals surface area contributed by atoms with Crippen LogP contribution in [0.2, 0.25) is 0 Å². The Balaban J connectivity index is 1.37. The van der Waals surface area contributed by atoms with Gasteiger partial charge in [-0.15, -0.1) is 0 Å². The number of nitrogens with zero attached hydrogens (tertiary/aromatic N) is 1. The summed E-state index contributed by atoms with van der Waals surface area (Å²) in [5, 5.41) is 14.8. The summed E-state index contributed by atoms with van der Waals surface area (Å²) in [6, 6.07) is 16.6. The van der Waals surface area contributed by atoms with Crippen LogP contribution in [0.25, 0.3) is 0 Å². The molecule has 3 aromatic carbocycles. The van der Waals surface area contributed by atoms with E-state index in [0.717, 1.165) is 24.0 Å². The Bertz CT molecular complexity index is 1390. The van der Waals surface area contributed by atoms with Crippen LogP contribution in [-0.2, 0) is 11.2 Å². The Hall–Kier alpha value is -4.73. The van der Waals surface area contributed by atoms with Gasteiger partial charge in [-0.2, -0.15) is 0 Å². The van der Waals surface area contributed by atoms with Gasteiger partial charge in [-0.05, 0) is 67.3 Å². The van der Waals surface area contributed by atoms with Gasteiger partial charge in [-0.25, -0.2) is 9.59 Å². The van der Waals surface area contributed by atoms with Gasteiger partial charge >= 0.3 is 12.0 Å². The van der Waals surface area contributed by atoms with Crippen LogP contribution in [0.5, 0.6) is 17.2 Å². The molecule has 4 rings (SSSR count). The number of urea groups is 1. The van der Waals surface area contributed by atoms with E-state index < -0.39 is 12.0 Å². The van der Waals surface area contributed by atoms with Crippen molar-refractivity contribution < 1.29 is 33.7 Å². The highest BCUT2D eigenvalue weighted by atomic mass is 16.5. The maximum Gasteiger partial charge on any atom is 0.335 e. The highest BCUT2D eigenvalue weighted by Crippen LogP contribution is 2.30. The minimum Gasteiger partial charge on any atom is -0.495 e.